The van der Waals surface area contributed by atoms with Crippen molar-refractivity contribution in [2.45, 2.75) is 25.8 Å². The van der Waals surface area contributed by atoms with Gasteiger partial charge in [-0.25, -0.2) is 0 Å². The third kappa shape index (κ3) is 1.61. The van der Waals surface area contributed by atoms with Crippen LogP contribution in [-0.4, -0.2) is 9.55 Å². The molecule has 1 fully saturated rings. The van der Waals surface area contributed by atoms with Gasteiger partial charge in [0.25, 0.3) is 0 Å². The van der Waals surface area contributed by atoms with Crippen molar-refractivity contribution in [1.82, 2.24) is 9.55 Å². The van der Waals surface area contributed by atoms with E-state index in [9.17, 15) is 0 Å². The van der Waals surface area contributed by atoms with Crippen LogP contribution in [0, 0.1) is 11.7 Å². The summed E-state index contributed by atoms with van der Waals surface area (Å²) in [6.07, 6.45) is 4.53. The van der Waals surface area contributed by atoms with Gasteiger partial charge in [-0.3, -0.25) is 0 Å². The van der Waals surface area contributed by atoms with Crippen LogP contribution in [0.1, 0.15) is 24.4 Å². The highest BCUT2D eigenvalue weighted by atomic mass is 32.1. The quantitative estimate of drug-likeness (QED) is 0.777. The molecule has 1 aromatic carbocycles. The molecule has 1 N–H and O–H groups in total. The van der Waals surface area contributed by atoms with Gasteiger partial charge < -0.3 is 9.55 Å². The SMILES string of the molecule is Cc1ccc(-c2c[nH]c(=S)n2C2CC2)cc1. The Morgan fingerprint density at radius 2 is 1.94 bits per heavy atom. The minimum atomic E-state index is 0.620. The highest BCUT2D eigenvalue weighted by Crippen LogP contribution is 2.38. The van der Waals surface area contributed by atoms with E-state index in [0.29, 0.717) is 6.04 Å². The number of benzene rings is 1. The van der Waals surface area contributed by atoms with Crippen LogP contribution < -0.4 is 0 Å². The first-order valence-corrected chi connectivity index (χ1v) is 6.03. The Balaban J connectivity index is 2.12. The zero-order valence-corrected chi connectivity index (χ0v) is 10.1. The van der Waals surface area contributed by atoms with E-state index in [1.165, 1.54) is 29.7 Å². The molecule has 0 spiro atoms. The summed E-state index contributed by atoms with van der Waals surface area (Å²) in [5.41, 5.74) is 3.74. The van der Waals surface area contributed by atoms with Crippen LogP contribution in [0.3, 0.4) is 0 Å². The van der Waals surface area contributed by atoms with Gasteiger partial charge in [-0.15, -0.1) is 0 Å². The van der Waals surface area contributed by atoms with Gasteiger partial charge in [-0.05, 0) is 37.5 Å². The van der Waals surface area contributed by atoms with Gasteiger partial charge >= 0.3 is 0 Å². The highest BCUT2D eigenvalue weighted by molar-refractivity contribution is 7.71. The molecule has 0 saturated heterocycles. The second-order valence-electron chi connectivity index (χ2n) is 4.45. The van der Waals surface area contributed by atoms with Crippen LogP contribution in [0.25, 0.3) is 11.3 Å². The van der Waals surface area contributed by atoms with Crippen molar-refractivity contribution < 1.29 is 0 Å². The van der Waals surface area contributed by atoms with E-state index in [4.69, 9.17) is 12.2 Å². The monoisotopic (exact) mass is 230 g/mol. The molecule has 1 aliphatic rings. The first-order chi connectivity index (χ1) is 7.75. The Morgan fingerprint density at radius 1 is 1.25 bits per heavy atom. The standard InChI is InChI=1S/C13H14N2S/c1-9-2-4-10(5-3-9)12-8-14-13(16)15(12)11-6-7-11/h2-5,8,11H,6-7H2,1H3,(H,14,16). The van der Waals surface area contributed by atoms with Crippen molar-refractivity contribution >= 4 is 12.2 Å². The normalized spacial score (nSPS) is 15.3. The van der Waals surface area contributed by atoms with Gasteiger partial charge in [0.1, 0.15) is 0 Å². The van der Waals surface area contributed by atoms with Crippen molar-refractivity contribution in [1.29, 1.82) is 0 Å². The topological polar surface area (TPSA) is 20.7 Å². The molecule has 1 aromatic heterocycles. The van der Waals surface area contributed by atoms with Crippen molar-refractivity contribution in [3.8, 4) is 11.3 Å². The predicted molar refractivity (Wildman–Crippen MR) is 68.1 cm³/mol. The minimum absolute atomic E-state index is 0.620. The van der Waals surface area contributed by atoms with E-state index in [1.54, 1.807) is 0 Å². The summed E-state index contributed by atoms with van der Waals surface area (Å²) in [6.45, 7) is 2.11. The molecule has 1 aliphatic carbocycles. The molecule has 82 valence electrons. The molecule has 0 unspecified atom stereocenters. The molecular formula is C13H14N2S. The number of nitrogens with one attached hydrogen (secondary N) is 1. The van der Waals surface area contributed by atoms with Crippen molar-refractivity contribution in [3.05, 3.63) is 40.8 Å². The van der Waals surface area contributed by atoms with Gasteiger partial charge in [-0.2, -0.15) is 0 Å². The summed E-state index contributed by atoms with van der Waals surface area (Å²) >= 11 is 5.32. The molecule has 3 heteroatoms. The van der Waals surface area contributed by atoms with Gasteiger partial charge in [-0.1, -0.05) is 29.8 Å². The minimum Gasteiger partial charge on any atom is -0.337 e. The smallest absolute Gasteiger partial charge is 0.177 e. The Kier molecular flexibility index (Phi) is 2.21. The van der Waals surface area contributed by atoms with Crippen LogP contribution in [0.15, 0.2) is 30.5 Å². The Bertz CT molecular complexity index is 558. The summed E-state index contributed by atoms with van der Waals surface area (Å²) in [5.74, 6) is 0. The van der Waals surface area contributed by atoms with E-state index in [1.807, 2.05) is 6.20 Å². The number of aromatic amines is 1. The van der Waals surface area contributed by atoms with Crippen LogP contribution in [0.5, 0.6) is 0 Å². The zero-order valence-electron chi connectivity index (χ0n) is 9.23. The summed E-state index contributed by atoms with van der Waals surface area (Å²) < 4.78 is 3.10. The number of rotatable bonds is 2. The summed E-state index contributed by atoms with van der Waals surface area (Å²) in [4.78, 5) is 3.15. The Labute approximate surface area is 99.9 Å². The zero-order chi connectivity index (χ0) is 11.1. The number of nitrogens with zero attached hydrogens (tertiary/aromatic N) is 1. The molecule has 0 bridgehead atoms. The molecule has 0 amide bonds. The largest absolute Gasteiger partial charge is 0.337 e. The first-order valence-electron chi connectivity index (χ1n) is 5.62. The average Bonchev–Trinajstić information content (AvgIpc) is 3.04. The summed E-state index contributed by atoms with van der Waals surface area (Å²) in [7, 11) is 0. The third-order valence-corrected chi connectivity index (χ3v) is 3.38. The molecule has 0 radical (unpaired) electrons. The van der Waals surface area contributed by atoms with Crippen molar-refractivity contribution in [2.75, 3.05) is 0 Å². The van der Waals surface area contributed by atoms with E-state index >= 15 is 0 Å². The lowest BCUT2D eigenvalue weighted by atomic mass is 10.1. The van der Waals surface area contributed by atoms with Crippen molar-refractivity contribution in [2.24, 2.45) is 0 Å². The van der Waals surface area contributed by atoms with Crippen LogP contribution in [0.4, 0.5) is 0 Å². The molecule has 0 aliphatic heterocycles. The van der Waals surface area contributed by atoms with Gasteiger partial charge in [0.05, 0.1) is 5.69 Å². The van der Waals surface area contributed by atoms with Crippen LogP contribution >= 0.6 is 12.2 Å². The summed E-state index contributed by atoms with van der Waals surface area (Å²) in [6, 6.07) is 9.22. The first kappa shape index (κ1) is 9.85. The molecular weight excluding hydrogens is 216 g/mol. The third-order valence-electron chi connectivity index (χ3n) is 3.07. The number of aryl methyl sites for hydroxylation is 1. The fourth-order valence-electron chi connectivity index (χ4n) is 2.02. The van der Waals surface area contributed by atoms with Gasteiger partial charge in [0.2, 0.25) is 0 Å². The number of H-pyrrole nitrogens is 1. The maximum Gasteiger partial charge on any atom is 0.177 e. The molecule has 0 atom stereocenters. The molecule has 16 heavy (non-hydrogen) atoms. The van der Waals surface area contributed by atoms with E-state index in [2.05, 4.69) is 40.7 Å². The van der Waals surface area contributed by atoms with E-state index in [-0.39, 0.29) is 0 Å². The second-order valence-corrected chi connectivity index (χ2v) is 4.83. The van der Waals surface area contributed by atoms with Crippen molar-refractivity contribution in [3.63, 3.8) is 0 Å². The lowest BCUT2D eigenvalue weighted by Gasteiger charge is -2.06. The molecule has 1 saturated carbocycles. The number of imidazole rings is 1. The van der Waals surface area contributed by atoms with Gasteiger partial charge in [0, 0.05) is 12.2 Å². The molecule has 2 aromatic rings. The fourth-order valence-corrected chi connectivity index (χ4v) is 2.33. The second kappa shape index (κ2) is 3.59. The number of aromatic nitrogens is 2. The van der Waals surface area contributed by atoms with E-state index in [0.717, 1.165) is 4.77 Å². The summed E-state index contributed by atoms with van der Waals surface area (Å²) in [5, 5.41) is 0. The number of hydrogen-bond acceptors (Lipinski definition) is 1. The van der Waals surface area contributed by atoms with Gasteiger partial charge in [0.15, 0.2) is 4.77 Å². The molecule has 1 heterocycles. The predicted octanol–water partition coefficient (Wildman–Crippen LogP) is 3.86. The highest BCUT2D eigenvalue weighted by Gasteiger charge is 2.26. The maximum atomic E-state index is 5.32. The lowest BCUT2D eigenvalue weighted by molar-refractivity contribution is 0.736. The molecule has 3 rings (SSSR count). The lowest BCUT2D eigenvalue weighted by Crippen LogP contribution is -1.96. The fraction of sp³-hybridized carbons (Fsp3) is 0.308. The Morgan fingerprint density at radius 3 is 2.56 bits per heavy atom. The molecule has 2 nitrogen and oxygen atoms in total. The van der Waals surface area contributed by atoms with Crippen LogP contribution in [-0.2, 0) is 0 Å². The van der Waals surface area contributed by atoms with E-state index < -0.39 is 0 Å². The van der Waals surface area contributed by atoms with Crippen LogP contribution in [0.2, 0.25) is 0 Å². The number of hydrogen-bond donors (Lipinski definition) is 1. The maximum absolute atomic E-state index is 5.32. The average molecular weight is 230 g/mol. The Hall–Kier alpha value is -1.35.